The smallest absolute Gasteiger partial charge is 0.248 e. The van der Waals surface area contributed by atoms with Gasteiger partial charge in [-0.25, -0.2) is 0 Å². The van der Waals surface area contributed by atoms with E-state index >= 15 is 0 Å². The molecule has 0 saturated heterocycles. The molecule has 3 rings (SSSR count). The maximum atomic E-state index is 12.4. The molecule has 1 amide bonds. The number of nitrogens with zero attached hydrogens (tertiary/aromatic N) is 2. The molecule has 1 aromatic heterocycles. The Balaban J connectivity index is 1.70. The van der Waals surface area contributed by atoms with Crippen molar-refractivity contribution in [2.75, 3.05) is 5.32 Å². The number of aromatic nitrogens is 2. The highest BCUT2D eigenvalue weighted by Gasteiger charge is 2.17. The Morgan fingerprint density at radius 2 is 1.71 bits per heavy atom. The zero-order valence-corrected chi connectivity index (χ0v) is 15.1. The van der Waals surface area contributed by atoms with E-state index in [0.717, 1.165) is 27.0 Å². The Labute approximate surface area is 149 Å². The maximum absolute atomic E-state index is 12.4. The van der Waals surface area contributed by atoms with Crippen LogP contribution in [0.4, 0.5) is 5.69 Å². The van der Waals surface area contributed by atoms with Crippen molar-refractivity contribution in [3.63, 3.8) is 0 Å². The van der Waals surface area contributed by atoms with Crippen LogP contribution in [0.1, 0.15) is 18.7 Å². The average molecular weight is 384 g/mol. The molecule has 0 radical (unpaired) electrons. The van der Waals surface area contributed by atoms with Crippen molar-refractivity contribution in [1.82, 2.24) is 9.78 Å². The standard InChI is InChI=1S/C19H18BrN3O/c1-13-18(20)12-23(22-13)14(2)19(24)21-17-10-8-16(9-11-17)15-6-4-3-5-7-15/h3-12,14H,1-2H3,(H,21,24). The first kappa shape index (κ1) is 16.5. The zero-order chi connectivity index (χ0) is 17.1. The first-order valence-corrected chi connectivity index (χ1v) is 8.51. The lowest BCUT2D eigenvalue weighted by molar-refractivity contribution is -0.119. The summed E-state index contributed by atoms with van der Waals surface area (Å²) in [6, 6.07) is 17.6. The van der Waals surface area contributed by atoms with Gasteiger partial charge in [0.05, 0.1) is 10.2 Å². The number of carbonyl (C=O) groups is 1. The molecule has 0 spiro atoms. The van der Waals surface area contributed by atoms with Crippen LogP contribution in [0.5, 0.6) is 0 Å². The highest BCUT2D eigenvalue weighted by molar-refractivity contribution is 9.10. The van der Waals surface area contributed by atoms with Gasteiger partial charge in [-0.15, -0.1) is 0 Å². The molecule has 1 heterocycles. The second-order valence-electron chi connectivity index (χ2n) is 5.65. The number of rotatable bonds is 4. The minimum absolute atomic E-state index is 0.0996. The summed E-state index contributed by atoms with van der Waals surface area (Å²) in [5, 5.41) is 7.27. The molecule has 5 heteroatoms. The number of benzene rings is 2. The highest BCUT2D eigenvalue weighted by atomic mass is 79.9. The molecule has 3 aromatic rings. The number of aryl methyl sites for hydroxylation is 1. The summed E-state index contributed by atoms with van der Waals surface area (Å²) in [6.07, 6.45) is 1.82. The molecule has 1 atom stereocenters. The summed E-state index contributed by atoms with van der Waals surface area (Å²) in [5.41, 5.74) is 3.91. The van der Waals surface area contributed by atoms with Crippen LogP contribution in [0.3, 0.4) is 0 Å². The lowest BCUT2D eigenvalue weighted by Gasteiger charge is -2.13. The van der Waals surface area contributed by atoms with E-state index in [1.165, 1.54) is 0 Å². The first-order valence-electron chi connectivity index (χ1n) is 7.72. The number of hydrogen-bond acceptors (Lipinski definition) is 2. The molecule has 4 nitrogen and oxygen atoms in total. The largest absolute Gasteiger partial charge is 0.324 e. The number of anilines is 1. The number of amides is 1. The van der Waals surface area contributed by atoms with Crippen LogP contribution in [0.25, 0.3) is 11.1 Å². The van der Waals surface area contributed by atoms with Crippen molar-refractivity contribution in [3.8, 4) is 11.1 Å². The molecule has 0 saturated carbocycles. The second-order valence-corrected chi connectivity index (χ2v) is 6.51. The fourth-order valence-corrected chi connectivity index (χ4v) is 2.69. The second kappa shape index (κ2) is 7.01. The molecule has 0 aliphatic heterocycles. The van der Waals surface area contributed by atoms with Crippen LogP contribution in [0, 0.1) is 6.92 Å². The lowest BCUT2D eigenvalue weighted by Crippen LogP contribution is -2.24. The van der Waals surface area contributed by atoms with Crippen LogP contribution < -0.4 is 5.32 Å². The van der Waals surface area contributed by atoms with Gasteiger partial charge < -0.3 is 5.32 Å². The van der Waals surface area contributed by atoms with Crippen molar-refractivity contribution in [2.24, 2.45) is 0 Å². The van der Waals surface area contributed by atoms with E-state index in [1.54, 1.807) is 4.68 Å². The lowest BCUT2D eigenvalue weighted by atomic mass is 10.1. The van der Waals surface area contributed by atoms with Crippen LogP contribution in [-0.4, -0.2) is 15.7 Å². The van der Waals surface area contributed by atoms with Crippen molar-refractivity contribution >= 4 is 27.5 Å². The van der Waals surface area contributed by atoms with Gasteiger partial charge in [0.25, 0.3) is 0 Å². The average Bonchev–Trinajstić information content (AvgIpc) is 2.94. The normalized spacial score (nSPS) is 12.0. The number of halogens is 1. The summed E-state index contributed by atoms with van der Waals surface area (Å²) >= 11 is 3.42. The zero-order valence-electron chi connectivity index (χ0n) is 13.5. The van der Waals surface area contributed by atoms with Gasteiger partial charge in [0.1, 0.15) is 6.04 Å². The summed E-state index contributed by atoms with van der Waals surface area (Å²) < 4.78 is 2.56. The number of carbonyl (C=O) groups excluding carboxylic acids is 1. The van der Waals surface area contributed by atoms with E-state index in [-0.39, 0.29) is 11.9 Å². The summed E-state index contributed by atoms with van der Waals surface area (Å²) in [7, 11) is 0. The van der Waals surface area contributed by atoms with Crippen molar-refractivity contribution in [3.05, 3.63) is 71.0 Å². The third-order valence-electron chi connectivity index (χ3n) is 3.89. The Morgan fingerprint density at radius 3 is 2.29 bits per heavy atom. The summed E-state index contributed by atoms with van der Waals surface area (Å²) in [6.45, 7) is 3.72. The van der Waals surface area contributed by atoms with Gasteiger partial charge in [0.15, 0.2) is 0 Å². The third-order valence-corrected chi connectivity index (χ3v) is 4.67. The highest BCUT2D eigenvalue weighted by Crippen LogP contribution is 2.22. The molecule has 1 unspecified atom stereocenters. The topological polar surface area (TPSA) is 46.9 Å². The molecule has 1 N–H and O–H groups in total. The molecule has 24 heavy (non-hydrogen) atoms. The maximum Gasteiger partial charge on any atom is 0.248 e. The number of nitrogens with one attached hydrogen (secondary N) is 1. The van der Waals surface area contributed by atoms with Crippen LogP contribution in [0.15, 0.2) is 65.3 Å². The molecule has 0 fully saturated rings. The third kappa shape index (κ3) is 3.57. The van der Waals surface area contributed by atoms with Gasteiger partial charge in [-0.05, 0) is 53.0 Å². The van der Waals surface area contributed by atoms with Gasteiger partial charge in [0.2, 0.25) is 5.91 Å². The van der Waals surface area contributed by atoms with Crippen molar-refractivity contribution < 1.29 is 4.79 Å². The Kier molecular flexibility index (Phi) is 4.81. The number of hydrogen-bond donors (Lipinski definition) is 1. The Hall–Kier alpha value is -2.40. The molecular weight excluding hydrogens is 366 g/mol. The van der Waals surface area contributed by atoms with Gasteiger partial charge in [-0.1, -0.05) is 42.5 Å². The van der Waals surface area contributed by atoms with Gasteiger partial charge >= 0.3 is 0 Å². The molecule has 0 aliphatic rings. The van der Waals surface area contributed by atoms with Crippen LogP contribution >= 0.6 is 15.9 Å². The Bertz CT molecular complexity index is 821. The summed E-state index contributed by atoms with van der Waals surface area (Å²) in [5.74, 6) is -0.0996. The quantitative estimate of drug-likeness (QED) is 0.701. The minimum Gasteiger partial charge on any atom is -0.324 e. The predicted molar refractivity (Wildman–Crippen MR) is 99.9 cm³/mol. The van der Waals surface area contributed by atoms with E-state index in [2.05, 4.69) is 38.5 Å². The molecule has 0 aliphatic carbocycles. The molecule has 2 aromatic carbocycles. The van der Waals surface area contributed by atoms with Gasteiger partial charge in [0, 0.05) is 11.9 Å². The Morgan fingerprint density at radius 1 is 1.08 bits per heavy atom. The van der Waals surface area contributed by atoms with E-state index in [4.69, 9.17) is 0 Å². The SMILES string of the molecule is Cc1nn(C(C)C(=O)Nc2ccc(-c3ccccc3)cc2)cc1Br. The van der Waals surface area contributed by atoms with Crippen LogP contribution in [0.2, 0.25) is 0 Å². The summed E-state index contributed by atoms with van der Waals surface area (Å²) in [4.78, 5) is 12.4. The fourth-order valence-electron chi connectivity index (χ4n) is 2.40. The first-order chi connectivity index (χ1) is 11.5. The van der Waals surface area contributed by atoms with Crippen molar-refractivity contribution in [1.29, 1.82) is 0 Å². The van der Waals surface area contributed by atoms with Crippen molar-refractivity contribution in [2.45, 2.75) is 19.9 Å². The predicted octanol–water partition coefficient (Wildman–Crippen LogP) is 4.82. The van der Waals surface area contributed by atoms with E-state index in [0.29, 0.717) is 0 Å². The van der Waals surface area contributed by atoms with Gasteiger partial charge in [-0.3, -0.25) is 9.48 Å². The molecule has 0 bridgehead atoms. The van der Waals surface area contributed by atoms with E-state index in [1.807, 2.05) is 62.5 Å². The van der Waals surface area contributed by atoms with Gasteiger partial charge in [-0.2, -0.15) is 5.10 Å². The van der Waals surface area contributed by atoms with Crippen LogP contribution in [-0.2, 0) is 4.79 Å². The molecular formula is C19H18BrN3O. The minimum atomic E-state index is -0.385. The van der Waals surface area contributed by atoms with E-state index < -0.39 is 0 Å². The molecule has 122 valence electrons. The van der Waals surface area contributed by atoms with E-state index in [9.17, 15) is 4.79 Å². The monoisotopic (exact) mass is 383 g/mol. The fraction of sp³-hybridized carbons (Fsp3) is 0.158.